The first-order valence-electron chi connectivity index (χ1n) is 13.5. The van der Waals surface area contributed by atoms with Crippen LogP contribution in [-0.4, -0.2) is 51.2 Å². The maximum Gasteiger partial charge on any atom is 0.394 e. The van der Waals surface area contributed by atoms with Gasteiger partial charge in [-0.25, -0.2) is 18.6 Å². The molecule has 0 bridgehead atoms. The van der Waals surface area contributed by atoms with Gasteiger partial charge in [0.25, 0.3) is 0 Å². The van der Waals surface area contributed by atoms with Gasteiger partial charge in [-0.1, -0.05) is 6.07 Å². The van der Waals surface area contributed by atoms with Gasteiger partial charge < -0.3 is 25.7 Å². The topological polar surface area (TPSA) is 204 Å². The first kappa shape index (κ1) is 30.8. The molecule has 232 valence electrons. The first-order chi connectivity index (χ1) is 20.8. The molecule has 1 fully saturated rings. The number of rotatable bonds is 6. The summed E-state index contributed by atoms with van der Waals surface area (Å²) in [5, 5.41) is -0.179. The van der Waals surface area contributed by atoms with Crippen molar-refractivity contribution in [2.75, 3.05) is 29.5 Å². The normalized spacial score (nSPS) is 14.2. The van der Waals surface area contributed by atoms with Crippen LogP contribution in [0.5, 0.6) is 0 Å². The number of nitrogen functional groups attached to an aromatic ring is 2. The molecule has 4 aromatic rings. The Labute approximate surface area is 249 Å². The molecule has 0 radical (unpaired) electrons. The fourth-order valence-electron chi connectivity index (χ4n) is 5.25. The first-order valence-corrected chi connectivity index (χ1v) is 14.9. The number of anilines is 3. The minimum absolute atomic E-state index is 0.00657. The highest BCUT2D eigenvalue weighted by molar-refractivity contribution is 7.79. The molecule has 0 unspecified atom stereocenters. The van der Waals surface area contributed by atoms with Crippen molar-refractivity contribution < 1.29 is 35.8 Å². The minimum Gasteiger partial charge on any atom is -0.462 e. The van der Waals surface area contributed by atoms with Crippen LogP contribution in [-0.2, 0) is 28.1 Å². The lowest BCUT2D eigenvalue weighted by Gasteiger charge is -2.20. The van der Waals surface area contributed by atoms with Crippen molar-refractivity contribution in [2.24, 2.45) is 0 Å². The van der Waals surface area contributed by atoms with E-state index in [1.807, 2.05) is 6.07 Å². The zero-order chi connectivity index (χ0) is 31.9. The Balaban J connectivity index is 0.000000712. The molecule has 2 aromatic carbocycles. The van der Waals surface area contributed by atoms with Crippen molar-refractivity contribution in [2.45, 2.75) is 38.8 Å². The van der Waals surface area contributed by atoms with Crippen LogP contribution >= 0.6 is 0 Å². The molecule has 3 heterocycles. The lowest BCUT2D eigenvalue weighted by Crippen LogP contribution is -2.22. The second kappa shape index (κ2) is 11.8. The molecular weight excluding hydrogens is 602 g/mol. The zero-order valence-electron chi connectivity index (χ0n) is 23.3. The molecule has 44 heavy (non-hydrogen) atoms. The molecule has 16 heteroatoms. The summed E-state index contributed by atoms with van der Waals surface area (Å²) >= 11 is 0. The van der Waals surface area contributed by atoms with E-state index < -0.39 is 33.4 Å². The Morgan fingerprint density at radius 2 is 1.89 bits per heavy atom. The number of carbonyl (C=O) groups is 1. The molecule has 0 saturated heterocycles. The zero-order valence-corrected chi connectivity index (χ0v) is 24.1. The summed E-state index contributed by atoms with van der Waals surface area (Å²) in [6.07, 6.45) is 5.15. The third-order valence-electron chi connectivity index (χ3n) is 7.28. The van der Waals surface area contributed by atoms with Gasteiger partial charge in [-0.2, -0.15) is 13.4 Å². The lowest BCUT2D eigenvalue weighted by atomic mass is 9.98. The molecule has 0 amide bonds. The lowest BCUT2D eigenvalue weighted by molar-refractivity contribution is 0.0524. The van der Waals surface area contributed by atoms with E-state index in [0.29, 0.717) is 30.9 Å². The molecule has 13 nitrogen and oxygen atoms in total. The molecule has 0 atom stereocenters. The van der Waals surface area contributed by atoms with E-state index in [4.69, 9.17) is 33.7 Å². The van der Waals surface area contributed by atoms with Crippen LogP contribution in [0.4, 0.5) is 26.2 Å². The Morgan fingerprint density at radius 3 is 2.52 bits per heavy atom. The van der Waals surface area contributed by atoms with Crippen LogP contribution in [0.3, 0.4) is 0 Å². The van der Waals surface area contributed by atoms with E-state index in [-0.39, 0.29) is 40.6 Å². The predicted octanol–water partition coefficient (Wildman–Crippen LogP) is 3.32. The summed E-state index contributed by atoms with van der Waals surface area (Å²) in [6, 6.07) is 6.22. The van der Waals surface area contributed by atoms with Gasteiger partial charge in [0, 0.05) is 42.8 Å². The monoisotopic (exact) mass is 630 g/mol. The quantitative estimate of drug-likeness (QED) is 0.179. The maximum absolute atomic E-state index is 16.2. The molecule has 6 rings (SSSR count). The number of carbonyl (C=O) groups excluding carboxylic acids is 1. The predicted molar refractivity (Wildman–Crippen MR) is 158 cm³/mol. The van der Waals surface area contributed by atoms with E-state index in [1.54, 1.807) is 29.8 Å². The van der Waals surface area contributed by atoms with Crippen molar-refractivity contribution >= 4 is 44.7 Å². The summed E-state index contributed by atoms with van der Waals surface area (Å²) in [6.45, 7) is 2.86. The number of hydrogen-bond acceptors (Lipinski definition) is 10. The van der Waals surface area contributed by atoms with E-state index in [0.717, 1.165) is 35.7 Å². The maximum atomic E-state index is 16.2. The number of fused-ring (bicyclic) bond motifs is 2. The molecule has 1 aliphatic heterocycles. The SMILES string of the molecule is CCOC(=O)c1cn(C2CC2)c2c(F)c(-c3ccc4c(c3)CCN4Cc3cnc(N)nc3N)c(F)cc2c1=O.O=S(=O)(O)O. The summed E-state index contributed by atoms with van der Waals surface area (Å²) in [5.74, 6) is -2.10. The number of hydrogen-bond donors (Lipinski definition) is 4. The van der Waals surface area contributed by atoms with Gasteiger partial charge in [0.15, 0.2) is 5.82 Å². The second-order valence-corrected chi connectivity index (χ2v) is 11.2. The van der Waals surface area contributed by atoms with Crippen LogP contribution < -0.4 is 21.8 Å². The van der Waals surface area contributed by atoms with E-state index >= 15 is 8.78 Å². The Bertz CT molecular complexity index is 1960. The van der Waals surface area contributed by atoms with Gasteiger partial charge in [0.1, 0.15) is 17.2 Å². The number of nitrogens with two attached hydrogens (primary N) is 2. The molecule has 2 aromatic heterocycles. The number of aromatic nitrogens is 3. The Hall–Kier alpha value is -4.67. The molecule has 6 N–H and O–H groups in total. The molecular formula is C28H28F2N6O7S. The Kier molecular flexibility index (Phi) is 8.24. The molecule has 1 saturated carbocycles. The fraction of sp³-hybridized carbons (Fsp3) is 0.286. The minimum atomic E-state index is -4.67. The average molecular weight is 631 g/mol. The third kappa shape index (κ3) is 6.31. The van der Waals surface area contributed by atoms with E-state index in [9.17, 15) is 9.59 Å². The van der Waals surface area contributed by atoms with Crippen molar-refractivity contribution in [3.8, 4) is 11.1 Å². The van der Waals surface area contributed by atoms with Crippen LogP contribution in [0.25, 0.3) is 22.0 Å². The van der Waals surface area contributed by atoms with E-state index in [2.05, 4.69) is 14.9 Å². The summed E-state index contributed by atoms with van der Waals surface area (Å²) in [7, 11) is -4.67. The van der Waals surface area contributed by atoms with Crippen molar-refractivity contribution in [3.05, 3.63) is 75.2 Å². The standard InChI is InChI=1S/C28H26F2N6O3.H2O4S/c1-2-39-27(38)19-13-36(17-4-5-17)24-18(25(19)37)10-20(29)22(23(24)30)15-3-6-21-14(9-15)7-8-35(21)12-16-11-33-28(32)34-26(16)31;1-5(2,3)4/h3,6,9-11,13,17H,2,4-5,7-8,12H2,1H3,(H4,31,32,33,34);(H2,1,2,3,4). The van der Waals surface area contributed by atoms with Gasteiger partial charge in [-0.05, 0) is 55.5 Å². The number of benzene rings is 2. The fourth-order valence-corrected chi connectivity index (χ4v) is 5.25. The Morgan fingerprint density at radius 1 is 1.18 bits per heavy atom. The molecule has 2 aliphatic rings. The third-order valence-corrected chi connectivity index (χ3v) is 7.28. The number of pyridine rings is 1. The van der Waals surface area contributed by atoms with Crippen molar-refractivity contribution in [1.29, 1.82) is 0 Å². The number of halogens is 2. The largest absolute Gasteiger partial charge is 0.462 e. The van der Waals surface area contributed by atoms with E-state index in [1.165, 1.54) is 6.20 Å². The highest BCUT2D eigenvalue weighted by Crippen LogP contribution is 2.41. The van der Waals surface area contributed by atoms with Gasteiger partial charge in [-0.15, -0.1) is 0 Å². The summed E-state index contributed by atoms with van der Waals surface area (Å²) in [5.41, 5.74) is 13.3. The molecule has 0 spiro atoms. The smallest absolute Gasteiger partial charge is 0.394 e. The average Bonchev–Trinajstić information content (AvgIpc) is 3.71. The number of ether oxygens (including phenoxy) is 1. The summed E-state index contributed by atoms with van der Waals surface area (Å²) < 4.78 is 69.8. The number of nitrogens with zero attached hydrogens (tertiary/aromatic N) is 4. The van der Waals surface area contributed by atoms with Crippen molar-refractivity contribution in [1.82, 2.24) is 14.5 Å². The van der Waals surface area contributed by atoms with Crippen LogP contribution in [0, 0.1) is 11.6 Å². The van der Waals surface area contributed by atoms with Gasteiger partial charge in [0.05, 0.1) is 23.1 Å². The highest BCUT2D eigenvalue weighted by atomic mass is 32.3. The summed E-state index contributed by atoms with van der Waals surface area (Å²) in [4.78, 5) is 35.6. The van der Waals surface area contributed by atoms with Crippen LogP contribution in [0.15, 0.2) is 41.5 Å². The van der Waals surface area contributed by atoms with Crippen LogP contribution in [0.1, 0.15) is 47.3 Å². The van der Waals surface area contributed by atoms with Gasteiger partial charge >= 0.3 is 16.4 Å². The van der Waals surface area contributed by atoms with Crippen molar-refractivity contribution in [3.63, 3.8) is 0 Å². The van der Waals surface area contributed by atoms with Gasteiger partial charge in [-0.3, -0.25) is 13.9 Å². The second-order valence-electron chi connectivity index (χ2n) is 10.3. The number of esters is 1. The highest BCUT2D eigenvalue weighted by Gasteiger charge is 2.31. The molecule has 1 aliphatic carbocycles. The van der Waals surface area contributed by atoms with Crippen LogP contribution in [0.2, 0.25) is 0 Å². The van der Waals surface area contributed by atoms with Gasteiger partial charge in [0.2, 0.25) is 11.4 Å².